The molecule has 0 aliphatic heterocycles. The molecule has 2 aromatic carbocycles. The molecule has 2 aromatic rings. The van der Waals surface area contributed by atoms with Crippen LogP contribution in [-0.4, -0.2) is 11.5 Å². The van der Waals surface area contributed by atoms with Crippen molar-refractivity contribution in [1.29, 1.82) is 0 Å². The van der Waals surface area contributed by atoms with Gasteiger partial charge < -0.3 is 10.8 Å². The summed E-state index contributed by atoms with van der Waals surface area (Å²) in [5, 5.41) is 10.7. The molecular formula is C14H14N2O3. The van der Waals surface area contributed by atoms with E-state index in [1.807, 2.05) is 30.3 Å². The molecule has 0 heterocycles. The van der Waals surface area contributed by atoms with Crippen LogP contribution in [0.25, 0.3) is 0 Å². The molecule has 0 radical (unpaired) electrons. The second kappa shape index (κ2) is 5.88. The van der Waals surface area contributed by atoms with Gasteiger partial charge in [0.2, 0.25) is 6.41 Å². The second-order valence-corrected chi connectivity index (χ2v) is 3.94. The van der Waals surface area contributed by atoms with Crippen molar-refractivity contribution in [2.24, 2.45) is 0 Å². The molecular weight excluding hydrogens is 244 g/mol. The van der Waals surface area contributed by atoms with Crippen molar-refractivity contribution < 1.29 is 14.7 Å². The summed E-state index contributed by atoms with van der Waals surface area (Å²) in [4.78, 5) is 16.4. The van der Waals surface area contributed by atoms with Gasteiger partial charge in [-0.2, -0.15) is 5.06 Å². The summed E-state index contributed by atoms with van der Waals surface area (Å²) in [5.41, 5.74) is 7.11. The Morgan fingerprint density at radius 2 is 1.95 bits per heavy atom. The molecule has 98 valence electrons. The second-order valence-electron chi connectivity index (χ2n) is 3.94. The van der Waals surface area contributed by atoms with Crippen LogP contribution < -0.4 is 10.8 Å². The topological polar surface area (TPSA) is 75.8 Å². The highest BCUT2D eigenvalue weighted by Gasteiger charge is 2.11. The number of hydroxylamine groups is 1. The zero-order valence-corrected chi connectivity index (χ0v) is 10.2. The number of rotatable bonds is 5. The van der Waals surface area contributed by atoms with Crippen LogP contribution >= 0.6 is 0 Å². The number of carbonyl (C=O) groups is 1. The van der Waals surface area contributed by atoms with Crippen molar-refractivity contribution >= 4 is 17.8 Å². The lowest BCUT2D eigenvalue weighted by molar-refractivity contribution is -0.114. The average molecular weight is 258 g/mol. The van der Waals surface area contributed by atoms with E-state index in [1.165, 1.54) is 12.1 Å². The van der Waals surface area contributed by atoms with Crippen molar-refractivity contribution in [1.82, 2.24) is 0 Å². The van der Waals surface area contributed by atoms with Gasteiger partial charge in [0.15, 0.2) is 0 Å². The SMILES string of the molecule is Nc1ccc(N(C=O)OCc2ccccc2)c(O)c1. The number of nitrogen functional groups attached to an aromatic ring is 1. The number of nitrogens with two attached hydrogens (primary N) is 1. The minimum Gasteiger partial charge on any atom is -0.506 e. The molecule has 0 fully saturated rings. The third kappa shape index (κ3) is 3.23. The van der Waals surface area contributed by atoms with Crippen LogP contribution in [0, 0.1) is 0 Å². The number of phenolic OH excluding ortho intramolecular Hbond substituents is 1. The van der Waals surface area contributed by atoms with Gasteiger partial charge in [0.05, 0.1) is 0 Å². The van der Waals surface area contributed by atoms with Crippen LogP contribution in [0.4, 0.5) is 11.4 Å². The molecule has 0 saturated carbocycles. The zero-order chi connectivity index (χ0) is 13.7. The molecule has 0 aliphatic carbocycles. The van der Waals surface area contributed by atoms with Crippen molar-refractivity contribution in [3.8, 4) is 5.75 Å². The largest absolute Gasteiger partial charge is 0.506 e. The minimum absolute atomic E-state index is 0.111. The van der Waals surface area contributed by atoms with Gasteiger partial charge in [-0.25, -0.2) is 0 Å². The normalized spacial score (nSPS) is 10.1. The molecule has 0 aromatic heterocycles. The molecule has 0 saturated heterocycles. The third-order valence-electron chi connectivity index (χ3n) is 2.55. The first-order valence-corrected chi connectivity index (χ1v) is 5.70. The van der Waals surface area contributed by atoms with Crippen molar-refractivity contribution in [3.63, 3.8) is 0 Å². The molecule has 5 heteroatoms. The Hall–Kier alpha value is -2.53. The lowest BCUT2D eigenvalue weighted by atomic mass is 10.2. The molecule has 3 N–H and O–H groups in total. The highest BCUT2D eigenvalue weighted by Crippen LogP contribution is 2.28. The summed E-state index contributed by atoms with van der Waals surface area (Å²) in [5.74, 6) is -0.111. The molecule has 2 rings (SSSR count). The Labute approximate surface area is 110 Å². The van der Waals surface area contributed by atoms with E-state index in [0.717, 1.165) is 10.6 Å². The van der Waals surface area contributed by atoms with E-state index in [2.05, 4.69) is 0 Å². The van der Waals surface area contributed by atoms with Crippen LogP contribution in [0.3, 0.4) is 0 Å². The molecule has 0 unspecified atom stereocenters. The Morgan fingerprint density at radius 1 is 1.21 bits per heavy atom. The first-order valence-electron chi connectivity index (χ1n) is 5.70. The van der Waals surface area contributed by atoms with E-state index in [9.17, 15) is 9.90 Å². The maximum absolute atomic E-state index is 11.0. The van der Waals surface area contributed by atoms with E-state index in [1.54, 1.807) is 6.07 Å². The number of nitrogens with zero attached hydrogens (tertiary/aromatic N) is 1. The van der Waals surface area contributed by atoms with Gasteiger partial charge in [-0.15, -0.1) is 0 Å². The highest BCUT2D eigenvalue weighted by atomic mass is 16.7. The van der Waals surface area contributed by atoms with Crippen molar-refractivity contribution in [2.45, 2.75) is 6.61 Å². The number of anilines is 2. The van der Waals surface area contributed by atoms with Gasteiger partial charge in [0, 0.05) is 11.8 Å². The van der Waals surface area contributed by atoms with E-state index in [4.69, 9.17) is 10.6 Å². The molecule has 0 atom stereocenters. The number of hydrogen-bond donors (Lipinski definition) is 2. The Bertz CT molecular complexity index is 558. The van der Waals surface area contributed by atoms with E-state index < -0.39 is 0 Å². The maximum atomic E-state index is 11.0. The summed E-state index contributed by atoms with van der Waals surface area (Å²) < 4.78 is 0. The molecule has 5 nitrogen and oxygen atoms in total. The lowest BCUT2D eigenvalue weighted by Gasteiger charge is -2.18. The number of carbonyl (C=O) groups excluding carboxylic acids is 1. The predicted molar refractivity (Wildman–Crippen MR) is 72.3 cm³/mol. The van der Waals surface area contributed by atoms with Gasteiger partial charge in [-0.3, -0.25) is 9.63 Å². The maximum Gasteiger partial charge on any atom is 0.238 e. The van der Waals surface area contributed by atoms with Gasteiger partial charge in [-0.05, 0) is 17.7 Å². The number of benzene rings is 2. The first-order chi connectivity index (χ1) is 9.20. The lowest BCUT2D eigenvalue weighted by Crippen LogP contribution is -2.21. The van der Waals surface area contributed by atoms with E-state index in [-0.39, 0.29) is 18.0 Å². The van der Waals surface area contributed by atoms with Gasteiger partial charge >= 0.3 is 0 Å². The number of amides is 1. The summed E-state index contributed by atoms with van der Waals surface area (Å²) >= 11 is 0. The zero-order valence-electron chi connectivity index (χ0n) is 10.2. The fourth-order valence-electron chi connectivity index (χ4n) is 1.60. The Kier molecular flexibility index (Phi) is 4.00. The standard InChI is InChI=1S/C14H14N2O3/c15-12-6-7-13(14(18)8-12)16(10-17)19-9-11-4-2-1-3-5-11/h1-8,10,18H,9,15H2. The van der Waals surface area contributed by atoms with Crippen LogP contribution in [0.2, 0.25) is 0 Å². The van der Waals surface area contributed by atoms with Crippen LogP contribution in [0.15, 0.2) is 48.5 Å². The van der Waals surface area contributed by atoms with Crippen LogP contribution in [0.5, 0.6) is 5.75 Å². The van der Waals surface area contributed by atoms with Gasteiger partial charge in [0.1, 0.15) is 18.0 Å². The molecule has 0 spiro atoms. The molecule has 1 amide bonds. The van der Waals surface area contributed by atoms with Crippen molar-refractivity contribution in [2.75, 3.05) is 10.8 Å². The van der Waals surface area contributed by atoms with Gasteiger partial charge in [0.25, 0.3) is 0 Å². The fraction of sp³-hybridized carbons (Fsp3) is 0.0714. The fourth-order valence-corrected chi connectivity index (χ4v) is 1.60. The summed E-state index contributed by atoms with van der Waals surface area (Å²) in [6, 6.07) is 13.9. The van der Waals surface area contributed by atoms with Crippen molar-refractivity contribution in [3.05, 3.63) is 54.1 Å². The first kappa shape index (κ1) is 12.9. The van der Waals surface area contributed by atoms with Crippen LogP contribution in [-0.2, 0) is 16.2 Å². The monoisotopic (exact) mass is 258 g/mol. The van der Waals surface area contributed by atoms with E-state index in [0.29, 0.717) is 12.1 Å². The molecule has 0 aliphatic rings. The predicted octanol–water partition coefficient (Wildman–Crippen LogP) is 2.07. The smallest absolute Gasteiger partial charge is 0.238 e. The third-order valence-corrected chi connectivity index (χ3v) is 2.55. The quantitative estimate of drug-likeness (QED) is 0.489. The summed E-state index contributed by atoms with van der Waals surface area (Å²) in [6.45, 7) is 0.226. The van der Waals surface area contributed by atoms with E-state index >= 15 is 0 Å². The number of hydrogen-bond acceptors (Lipinski definition) is 4. The minimum atomic E-state index is -0.111. The summed E-state index contributed by atoms with van der Waals surface area (Å²) in [6.07, 6.45) is 0.494. The summed E-state index contributed by atoms with van der Waals surface area (Å²) in [7, 11) is 0. The Morgan fingerprint density at radius 3 is 2.58 bits per heavy atom. The molecule has 19 heavy (non-hydrogen) atoms. The Balaban J connectivity index is 2.10. The number of phenols is 1. The van der Waals surface area contributed by atoms with Crippen LogP contribution in [0.1, 0.15) is 5.56 Å². The van der Waals surface area contributed by atoms with Gasteiger partial charge in [-0.1, -0.05) is 30.3 Å². The highest BCUT2D eigenvalue weighted by molar-refractivity contribution is 5.77. The number of aromatic hydroxyl groups is 1. The molecule has 0 bridgehead atoms. The average Bonchev–Trinajstić information content (AvgIpc) is 2.42.